The van der Waals surface area contributed by atoms with Crippen LogP contribution in [0.3, 0.4) is 0 Å². The van der Waals surface area contributed by atoms with Crippen LogP contribution in [0.1, 0.15) is 27.0 Å². The Labute approximate surface area is 131 Å². The molecule has 0 spiro atoms. The lowest BCUT2D eigenvalue weighted by atomic mass is 10.1. The summed E-state index contributed by atoms with van der Waals surface area (Å²) in [7, 11) is 0. The van der Waals surface area contributed by atoms with Crippen molar-refractivity contribution >= 4 is 17.9 Å². The van der Waals surface area contributed by atoms with Gasteiger partial charge in [-0.15, -0.1) is 5.10 Å². The summed E-state index contributed by atoms with van der Waals surface area (Å²) in [6, 6.07) is 0. The molecule has 2 rings (SSSR count). The van der Waals surface area contributed by atoms with Crippen LogP contribution >= 0.6 is 0 Å². The summed E-state index contributed by atoms with van der Waals surface area (Å²) in [6.07, 6.45) is -0.606. The molecule has 0 amide bonds. The van der Waals surface area contributed by atoms with Gasteiger partial charge in [-0.2, -0.15) is 0 Å². The normalized spacial score (nSPS) is 26.6. The smallest absolute Gasteiger partial charge is 0.303 e. The Bertz CT molecular complexity index is 574. The number of nitrogens with zero attached hydrogens (tertiary/aromatic N) is 3. The molecule has 23 heavy (non-hydrogen) atoms. The molecule has 10 heteroatoms. The van der Waals surface area contributed by atoms with Gasteiger partial charge in [-0.25, -0.2) is 4.68 Å². The molecule has 0 aromatic carbocycles. The van der Waals surface area contributed by atoms with E-state index in [-0.39, 0.29) is 6.61 Å². The van der Waals surface area contributed by atoms with E-state index in [0.717, 1.165) is 0 Å². The molecular weight excluding hydrogens is 310 g/mol. The van der Waals surface area contributed by atoms with Gasteiger partial charge in [0.1, 0.15) is 12.7 Å². The molecule has 0 saturated carbocycles. The largest absolute Gasteiger partial charge is 0.463 e. The van der Waals surface area contributed by atoms with E-state index in [1.54, 1.807) is 0 Å². The van der Waals surface area contributed by atoms with Gasteiger partial charge in [0, 0.05) is 27.0 Å². The van der Waals surface area contributed by atoms with E-state index in [1.165, 1.54) is 37.8 Å². The lowest BCUT2D eigenvalue weighted by Crippen LogP contribution is -2.40. The molecule has 1 aromatic heterocycles. The fourth-order valence-corrected chi connectivity index (χ4v) is 2.26. The van der Waals surface area contributed by atoms with Gasteiger partial charge in [-0.3, -0.25) is 14.4 Å². The highest BCUT2D eigenvalue weighted by Crippen LogP contribution is 2.33. The molecule has 10 nitrogen and oxygen atoms in total. The Morgan fingerprint density at radius 2 is 1.74 bits per heavy atom. The third kappa shape index (κ3) is 4.25. The Hall–Kier alpha value is -2.49. The monoisotopic (exact) mass is 327 g/mol. The molecule has 1 fully saturated rings. The summed E-state index contributed by atoms with van der Waals surface area (Å²) in [5, 5.41) is 7.47. The summed E-state index contributed by atoms with van der Waals surface area (Å²) >= 11 is 0. The first-order valence-electron chi connectivity index (χ1n) is 6.87. The Balaban J connectivity index is 2.25. The Morgan fingerprint density at radius 3 is 2.26 bits per heavy atom. The summed E-state index contributed by atoms with van der Waals surface area (Å²) < 4.78 is 22.4. The average molecular weight is 327 g/mol. The number of carbonyl (C=O) groups excluding carboxylic acids is 3. The Morgan fingerprint density at radius 1 is 1.09 bits per heavy atom. The van der Waals surface area contributed by atoms with E-state index >= 15 is 0 Å². The first-order valence-corrected chi connectivity index (χ1v) is 6.87. The first-order chi connectivity index (χ1) is 10.9. The van der Waals surface area contributed by atoms with Crippen LogP contribution in [0, 0.1) is 0 Å². The highest BCUT2D eigenvalue weighted by atomic mass is 16.7. The van der Waals surface area contributed by atoms with Crippen LogP contribution in [-0.2, 0) is 33.3 Å². The van der Waals surface area contributed by atoms with Crippen molar-refractivity contribution < 1.29 is 33.3 Å². The van der Waals surface area contributed by atoms with Crippen LogP contribution in [0.25, 0.3) is 0 Å². The van der Waals surface area contributed by atoms with Gasteiger partial charge < -0.3 is 18.9 Å². The number of esters is 3. The van der Waals surface area contributed by atoms with E-state index in [1.807, 2.05) is 0 Å². The lowest BCUT2D eigenvalue weighted by Gasteiger charge is -2.23. The molecule has 0 unspecified atom stereocenters. The predicted octanol–water partition coefficient (Wildman–Crippen LogP) is -0.398. The number of rotatable bonds is 5. The minimum absolute atomic E-state index is 0.157. The number of carbonyl (C=O) groups is 3. The molecule has 4 atom stereocenters. The minimum atomic E-state index is -0.946. The molecule has 0 N–H and O–H groups in total. The molecule has 1 aliphatic rings. The molecule has 1 aliphatic heterocycles. The van der Waals surface area contributed by atoms with Gasteiger partial charge in [0.2, 0.25) is 0 Å². The maximum atomic E-state index is 11.4. The topological polar surface area (TPSA) is 119 Å². The minimum Gasteiger partial charge on any atom is -0.463 e. The van der Waals surface area contributed by atoms with Crippen LogP contribution in [-0.4, -0.2) is 57.8 Å². The fraction of sp³-hybridized carbons (Fsp3) is 0.615. The highest BCUT2D eigenvalue weighted by molar-refractivity contribution is 5.67. The van der Waals surface area contributed by atoms with Gasteiger partial charge in [-0.05, 0) is 0 Å². The van der Waals surface area contributed by atoms with Crippen molar-refractivity contribution in [2.24, 2.45) is 0 Å². The second-order valence-corrected chi connectivity index (χ2v) is 4.90. The summed E-state index contributed by atoms with van der Waals surface area (Å²) in [5.41, 5.74) is 0. The van der Waals surface area contributed by atoms with Crippen LogP contribution in [0.15, 0.2) is 12.4 Å². The van der Waals surface area contributed by atoms with Crippen LogP contribution in [0.4, 0.5) is 0 Å². The van der Waals surface area contributed by atoms with Crippen molar-refractivity contribution in [1.82, 2.24) is 15.0 Å². The highest BCUT2D eigenvalue weighted by Gasteiger charge is 2.50. The van der Waals surface area contributed by atoms with Crippen LogP contribution < -0.4 is 0 Å². The standard InChI is InChI=1S/C13H17N3O7/c1-7(17)20-6-10-11(21-8(2)18)12(22-9(3)19)13(23-10)16-5-4-14-15-16/h4-5,10-13H,6H2,1-3H3/t10-,11-,12-,13-/m1/s1. The van der Waals surface area contributed by atoms with E-state index in [4.69, 9.17) is 18.9 Å². The zero-order chi connectivity index (χ0) is 17.0. The molecule has 1 saturated heterocycles. The van der Waals surface area contributed by atoms with Crippen molar-refractivity contribution in [3.8, 4) is 0 Å². The van der Waals surface area contributed by atoms with Gasteiger partial charge in [0.25, 0.3) is 0 Å². The molecule has 126 valence electrons. The zero-order valence-corrected chi connectivity index (χ0v) is 12.9. The van der Waals surface area contributed by atoms with Gasteiger partial charge >= 0.3 is 17.9 Å². The quantitative estimate of drug-likeness (QED) is 0.525. The Kier molecular flexibility index (Phi) is 5.27. The number of hydrogen-bond acceptors (Lipinski definition) is 9. The van der Waals surface area contributed by atoms with E-state index < -0.39 is 42.4 Å². The third-order valence-corrected chi connectivity index (χ3v) is 3.04. The first kappa shape index (κ1) is 16.9. The number of hydrogen-bond donors (Lipinski definition) is 0. The molecule has 1 aromatic rings. The van der Waals surface area contributed by atoms with Gasteiger partial charge in [-0.1, -0.05) is 5.21 Å². The summed E-state index contributed by atoms with van der Waals surface area (Å²) in [5.74, 6) is -1.67. The van der Waals surface area contributed by atoms with Crippen LogP contribution in [0.2, 0.25) is 0 Å². The predicted molar refractivity (Wildman–Crippen MR) is 71.7 cm³/mol. The molecule has 0 bridgehead atoms. The maximum Gasteiger partial charge on any atom is 0.303 e. The van der Waals surface area contributed by atoms with E-state index in [9.17, 15) is 14.4 Å². The van der Waals surface area contributed by atoms with Crippen LogP contribution in [0.5, 0.6) is 0 Å². The van der Waals surface area contributed by atoms with Crippen molar-refractivity contribution in [2.75, 3.05) is 6.61 Å². The van der Waals surface area contributed by atoms with Gasteiger partial charge in [0.15, 0.2) is 18.4 Å². The molecule has 2 heterocycles. The lowest BCUT2D eigenvalue weighted by molar-refractivity contribution is -0.166. The van der Waals surface area contributed by atoms with Crippen molar-refractivity contribution in [3.63, 3.8) is 0 Å². The maximum absolute atomic E-state index is 11.4. The molecule has 0 radical (unpaired) electrons. The summed E-state index contributed by atoms with van der Waals surface area (Å²) in [4.78, 5) is 33.7. The van der Waals surface area contributed by atoms with E-state index in [2.05, 4.69) is 10.3 Å². The number of aromatic nitrogens is 3. The SMILES string of the molecule is CC(=O)OC[C@H]1O[C@@H](n2ccnn2)[C@H](OC(C)=O)[C@@H]1OC(C)=O. The average Bonchev–Trinajstić information content (AvgIpc) is 3.05. The summed E-state index contributed by atoms with van der Waals surface area (Å²) in [6.45, 7) is 3.53. The third-order valence-electron chi connectivity index (χ3n) is 3.04. The number of ether oxygens (including phenoxy) is 4. The second-order valence-electron chi connectivity index (χ2n) is 4.90. The zero-order valence-electron chi connectivity index (χ0n) is 12.9. The molecule has 0 aliphatic carbocycles. The molecular formula is C13H17N3O7. The van der Waals surface area contributed by atoms with Crippen molar-refractivity contribution in [1.29, 1.82) is 0 Å². The van der Waals surface area contributed by atoms with Gasteiger partial charge in [0.05, 0.1) is 6.20 Å². The van der Waals surface area contributed by atoms with Crippen molar-refractivity contribution in [2.45, 2.75) is 45.3 Å². The fourth-order valence-electron chi connectivity index (χ4n) is 2.26. The van der Waals surface area contributed by atoms with Crippen molar-refractivity contribution in [3.05, 3.63) is 12.4 Å². The van der Waals surface area contributed by atoms with E-state index in [0.29, 0.717) is 0 Å². The second kappa shape index (κ2) is 7.18.